The van der Waals surface area contributed by atoms with Crippen LogP contribution < -0.4 is 15.5 Å². The van der Waals surface area contributed by atoms with Crippen LogP contribution in [0.25, 0.3) is 11.0 Å². The number of amides is 1. The molecule has 20 heavy (non-hydrogen) atoms. The van der Waals surface area contributed by atoms with Crippen LogP contribution in [-0.4, -0.2) is 52.3 Å². The summed E-state index contributed by atoms with van der Waals surface area (Å²) in [7, 11) is 0. The van der Waals surface area contributed by atoms with E-state index in [0.29, 0.717) is 24.7 Å². The van der Waals surface area contributed by atoms with E-state index in [0.717, 1.165) is 30.7 Å². The summed E-state index contributed by atoms with van der Waals surface area (Å²) in [5.41, 5.74) is 0.680. The lowest BCUT2D eigenvalue weighted by Gasteiger charge is -2.28. The predicted molar refractivity (Wildman–Crippen MR) is 75.7 cm³/mol. The molecule has 1 fully saturated rings. The van der Waals surface area contributed by atoms with E-state index in [4.69, 9.17) is 0 Å². The van der Waals surface area contributed by atoms with Crippen LogP contribution >= 0.6 is 0 Å². The molecule has 1 aliphatic heterocycles. The third-order valence-electron chi connectivity index (χ3n) is 3.16. The van der Waals surface area contributed by atoms with Crippen molar-refractivity contribution in [2.24, 2.45) is 0 Å². The maximum absolute atomic E-state index is 11.5. The summed E-state index contributed by atoms with van der Waals surface area (Å²) in [6, 6.07) is 0. The summed E-state index contributed by atoms with van der Waals surface area (Å²) in [4.78, 5) is 22.4. The second-order valence-electron chi connectivity index (χ2n) is 4.70. The van der Waals surface area contributed by atoms with Crippen molar-refractivity contribution in [2.45, 2.75) is 13.3 Å². The first-order valence-corrected chi connectivity index (χ1v) is 6.74. The van der Waals surface area contributed by atoms with E-state index in [-0.39, 0.29) is 5.91 Å². The van der Waals surface area contributed by atoms with Crippen LogP contribution in [-0.2, 0) is 4.79 Å². The zero-order valence-electron chi connectivity index (χ0n) is 11.3. The summed E-state index contributed by atoms with van der Waals surface area (Å²) < 4.78 is 0. The second kappa shape index (κ2) is 5.32. The van der Waals surface area contributed by atoms with E-state index in [1.807, 2.05) is 4.90 Å². The van der Waals surface area contributed by atoms with Crippen molar-refractivity contribution in [2.75, 3.05) is 36.4 Å². The Labute approximate surface area is 116 Å². The predicted octanol–water partition coefficient (Wildman–Crippen LogP) is 0.111. The van der Waals surface area contributed by atoms with E-state index < -0.39 is 0 Å². The molecule has 106 valence electrons. The normalized spacial score (nSPS) is 15.4. The second-order valence-corrected chi connectivity index (χ2v) is 4.70. The van der Waals surface area contributed by atoms with Gasteiger partial charge >= 0.3 is 0 Å². The van der Waals surface area contributed by atoms with Gasteiger partial charge in [-0.1, -0.05) is 6.92 Å². The molecule has 2 aromatic rings. The summed E-state index contributed by atoms with van der Waals surface area (Å²) in [5, 5.41) is 13.7. The molecule has 3 heterocycles. The number of carbonyl (C=O) groups is 1. The van der Waals surface area contributed by atoms with Crippen LogP contribution in [0.3, 0.4) is 0 Å². The molecular weight excluding hydrogens is 258 g/mol. The van der Waals surface area contributed by atoms with Gasteiger partial charge in [0.1, 0.15) is 5.82 Å². The van der Waals surface area contributed by atoms with E-state index in [2.05, 4.69) is 37.7 Å². The molecule has 1 amide bonds. The number of hydrogen-bond donors (Lipinski definition) is 3. The first-order valence-electron chi connectivity index (χ1n) is 6.74. The highest BCUT2D eigenvalue weighted by Crippen LogP contribution is 2.24. The SMILES string of the molecule is CCCNc1nc(N2CCNC(=O)C2)c2cn[nH]c2n1. The van der Waals surface area contributed by atoms with Crippen molar-refractivity contribution in [3.8, 4) is 0 Å². The number of aromatic amines is 1. The molecule has 3 rings (SSSR count). The van der Waals surface area contributed by atoms with Crippen LogP contribution in [0.1, 0.15) is 13.3 Å². The Morgan fingerprint density at radius 3 is 3.15 bits per heavy atom. The summed E-state index contributed by atoms with van der Waals surface area (Å²) >= 11 is 0. The lowest BCUT2D eigenvalue weighted by molar-refractivity contribution is -0.120. The Hall–Kier alpha value is -2.38. The molecule has 1 saturated heterocycles. The topological polar surface area (TPSA) is 98.8 Å². The molecule has 0 radical (unpaired) electrons. The van der Waals surface area contributed by atoms with Gasteiger partial charge in [0.2, 0.25) is 11.9 Å². The van der Waals surface area contributed by atoms with Crippen LogP contribution in [0, 0.1) is 0 Å². The third-order valence-corrected chi connectivity index (χ3v) is 3.16. The number of carbonyl (C=O) groups excluding carboxylic acids is 1. The Morgan fingerprint density at radius 2 is 2.35 bits per heavy atom. The fourth-order valence-corrected chi connectivity index (χ4v) is 2.20. The Morgan fingerprint density at radius 1 is 1.45 bits per heavy atom. The summed E-state index contributed by atoms with van der Waals surface area (Å²) in [6.45, 7) is 4.55. The van der Waals surface area contributed by atoms with Gasteiger partial charge < -0.3 is 15.5 Å². The largest absolute Gasteiger partial charge is 0.354 e. The molecule has 0 unspecified atom stereocenters. The lowest BCUT2D eigenvalue weighted by atomic mass is 10.3. The average molecular weight is 275 g/mol. The van der Waals surface area contributed by atoms with Gasteiger partial charge in [0.25, 0.3) is 0 Å². The molecule has 0 aromatic carbocycles. The minimum absolute atomic E-state index is 0.00887. The molecule has 8 nitrogen and oxygen atoms in total. The standard InChI is InChI=1S/C12H17N7O/c1-2-3-14-12-16-10-8(6-15-18-10)11(17-12)19-5-4-13-9(20)7-19/h6H,2-5,7H2,1H3,(H,13,20)(H2,14,15,16,17,18). The minimum atomic E-state index is 0.00887. The van der Waals surface area contributed by atoms with Gasteiger partial charge in [-0.25, -0.2) is 0 Å². The van der Waals surface area contributed by atoms with Crippen LogP contribution in [0.4, 0.5) is 11.8 Å². The van der Waals surface area contributed by atoms with Crippen molar-refractivity contribution in [1.82, 2.24) is 25.5 Å². The number of nitrogens with one attached hydrogen (secondary N) is 3. The van der Waals surface area contributed by atoms with E-state index >= 15 is 0 Å². The molecular formula is C12H17N7O. The number of rotatable bonds is 4. The lowest BCUT2D eigenvalue weighted by Crippen LogP contribution is -2.48. The average Bonchev–Trinajstić information content (AvgIpc) is 2.92. The molecule has 0 saturated carbocycles. The van der Waals surface area contributed by atoms with E-state index in [9.17, 15) is 4.79 Å². The molecule has 0 atom stereocenters. The highest BCUT2D eigenvalue weighted by atomic mass is 16.2. The van der Waals surface area contributed by atoms with Crippen LogP contribution in [0.15, 0.2) is 6.20 Å². The van der Waals surface area contributed by atoms with Gasteiger partial charge in [-0.2, -0.15) is 15.1 Å². The highest BCUT2D eigenvalue weighted by Gasteiger charge is 2.21. The van der Waals surface area contributed by atoms with Crippen LogP contribution in [0.2, 0.25) is 0 Å². The van der Waals surface area contributed by atoms with Crippen molar-refractivity contribution in [3.05, 3.63) is 6.20 Å². The van der Waals surface area contributed by atoms with Crippen molar-refractivity contribution >= 4 is 28.7 Å². The smallest absolute Gasteiger partial charge is 0.239 e. The molecule has 0 aliphatic carbocycles. The number of nitrogens with zero attached hydrogens (tertiary/aromatic N) is 4. The zero-order valence-corrected chi connectivity index (χ0v) is 11.3. The van der Waals surface area contributed by atoms with E-state index in [1.165, 1.54) is 0 Å². The van der Waals surface area contributed by atoms with Crippen molar-refractivity contribution in [1.29, 1.82) is 0 Å². The summed E-state index contributed by atoms with van der Waals surface area (Å²) in [6.07, 6.45) is 2.69. The molecule has 3 N–H and O–H groups in total. The Bertz CT molecular complexity index is 623. The minimum Gasteiger partial charge on any atom is -0.354 e. The quantitative estimate of drug-likeness (QED) is 0.732. The van der Waals surface area contributed by atoms with Gasteiger partial charge in [-0.3, -0.25) is 9.89 Å². The van der Waals surface area contributed by atoms with Gasteiger partial charge in [0, 0.05) is 19.6 Å². The fourth-order valence-electron chi connectivity index (χ4n) is 2.20. The van der Waals surface area contributed by atoms with Gasteiger partial charge in [-0.15, -0.1) is 0 Å². The number of fused-ring (bicyclic) bond motifs is 1. The monoisotopic (exact) mass is 275 g/mol. The zero-order chi connectivity index (χ0) is 13.9. The molecule has 1 aliphatic rings. The molecule has 8 heteroatoms. The maximum Gasteiger partial charge on any atom is 0.239 e. The van der Waals surface area contributed by atoms with Crippen LogP contribution in [0.5, 0.6) is 0 Å². The number of anilines is 2. The molecule has 0 spiro atoms. The van der Waals surface area contributed by atoms with Gasteiger partial charge in [-0.05, 0) is 6.42 Å². The first-order chi connectivity index (χ1) is 9.78. The fraction of sp³-hybridized carbons (Fsp3) is 0.500. The van der Waals surface area contributed by atoms with Gasteiger partial charge in [0.05, 0.1) is 18.1 Å². The molecule has 0 bridgehead atoms. The van der Waals surface area contributed by atoms with Gasteiger partial charge in [0.15, 0.2) is 5.65 Å². The Kier molecular flexibility index (Phi) is 3.36. The third kappa shape index (κ3) is 2.36. The number of H-pyrrole nitrogens is 1. The highest BCUT2D eigenvalue weighted by molar-refractivity contribution is 5.91. The maximum atomic E-state index is 11.5. The molecule has 2 aromatic heterocycles. The number of piperazine rings is 1. The number of hydrogen-bond acceptors (Lipinski definition) is 6. The number of aromatic nitrogens is 4. The van der Waals surface area contributed by atoms with Crippen molar-refractivity contribution < 1.29 is 4.79 Å². The summed E-state index contributed by atoms with van der Waals surface area (Å²) in [5.74, 6) is 1.32. The first kappa shape index (κ1) is 12.6. The van der Waals surface area contributed by atoms with E-state index in [1.54, 1.807) is 6.20 Å². The Balaban J connectivity index is 1.98. The van der Waals surface area contributed by atoms with Crippen molar-refractivity contribution in [3.63, 3.8) is 0 Å².